The minimum Gasteiger partial charge on any atom is -0.488 e. The van der Waals surface area contributed by atoms with Gasteiger partial charge >= 0.3 is 5.97 Å². The van der Waals surface area contributed by atoms with Gasteiger partial charge in [-0.05, 0) is 37.1 Å². The minimum absolute atomic E-state index is 0.00479. The molecule has 2 N–H and O–H groups in total. The first-order valence-corrected chi connectivity index (χ1v) is 7.67. The fourth-order valence-electron chi connectivity index (χ4n) is 2.51. The second kappa shape index (κ2) is 6.14. The minimum atomic E-state index is -0.881. The molecule has 1 aliphatic rings. The van der Waals surface area contributed by atoms with E-state index >= 15 is 0 Å². The lowest BCUT2D eigenvalue weighted by Gasteiger charge is -2.27. The topological polar surface area (TPSA) is 58.6 Å². The van der Waals surface area contributed by atoms with Gasteiger partial charge in [-0.15, -0.1) is 0 Å². The van der Waals surface area contributed by atoms with E-state index in [1.807, 2.05) is 19.1 Å². The van der Waals surface area contributed by atoms with Gasteiger partial charge in [0, 0.05) is 17.4 Å². The van der Waals surface area contributed by atoms with Crippen LogP contribution >= 0.6 is 15.9 Å². The molecule has 2 atom stereocenters. The van der Waals surface area contributed by atoms with Crippen LogP contribution in [0, 0.1) is 0 Å². The van der Waals surface area contributed by atoms with Crippen LogP contribution in [0.4, 0.5) is 0 Å². The predicted octanol–water partition coefficient (Wildman–Crippen LogP) is 2.99. The Hall–Kier alpha value is -1.07. The van der Waals surface area contributed by atoms with Crippen molar-refractivity contribution in [3.05, 3.63) is 28.2 Å². The molecule has 0 aliphatic carbocycles. The quantitative estimate of drug-likeness (QED) is 0.835. The molecular weight excluding hydrogens is 322 g/mol. The first-order chi connectivity index (χ1) is 9.44. The van der Waals surface area contributed by atoms with Crippen molar-refractivity contribution in [2.45, 2.75) is 44.8 Å². The van der Waals surface area contributed by atoms with Crippen LogP contribution in [0.3, 0.4) is 0 Å². The SMILES string of the molecule is CCCC(C)(NCC1Cc2cc(Br)ccc2O1)C(=O)O. The van der Waals surface area contributed by atoms with E-state index in [4.69, 9.17) is 4.74 Å². The molecule has 1 heterocycles. The summed E-state index contributed by atoms with van der Waals surface area (Å²) in [6.07, 6.45) is 2.24. The Morgan fingerprint density at radius 1 is 1.60 bits per heavy atom. The van der Waals surface area contributed by atoms with Gasteiger partial charge in [0.25, 0.3) is 0 Å². The van der Waals surface area contributed by atoms with E-state index in [0.717, 1.165) is 23.1 Å². The number of fused-ring (bicyclic) bond motifs is 1. The molecule has 0 radical (unpaired) electrons. The second-order valence-electron chi connectivity index (χ2n) is 5.46. The largest absolute Gasteiger partial charge is 0.488 e. The molecule has 0 saturated carbocycles. The van der Waals surface area contributed by atoms with Crippen LogP contribution in [-0.4, -0.2) is 29.3 Å². The molecule has 4 nitrogen and oxygen atoms in total. The first-order valence-electron chi connectivity index (χ1n) is 6.88. The summed E-state index contributed by atoms with van der Waals surface area (Å²) >= 11 is 3.45. The van der Waals surface area contributed by atoms with Crippen molar-refractivity contribution in [1.82, 2.24) is 5.32 Å². The standard InChI is InChI=1S/C15H20BrNO3/c1-3-6-15(2,14(18)19)17-9-12-8-10-7-11(16)4-5-13(10)20-12/h4-5,7,12,17H,3,6,8-9H2,1-2H3,(H,18,19). The van der Waals surface area contributed by atoms with E-state index in [-0.39, 0.29) is 6.10 Å². The molecule has 5 heteroatoms. The Kier molecular flexibility index (Phi) is 4.70. The fraction of sp³-hybridized carbons (Fsp3) is 0.533. The summed E-state index contributed by atoms with van der Waals surface area (Å²) < 4.78 is 6.88. The number of hydrogen-bond donors (Lipinski definition) is 2. The Balaban J connectivity index is 1.95. The molecule has 20 heavy (non-hydrogen) atoms. The molecular formula is C15H20BrNO3. The van der Waals surface area contributed by atoms with Gasteiger partial charge < -0.3 is 9.84 Å². The number of halogens is 1. The summed E-state index contributed by atoms with van der Waals surface area (Å²) in [4.78, 5) is 11.4. The maximum absolute atomic E-state index is 11.4. The summed E-state index contributed by atoms with van der Waals surface area (Å²) in [5.41, 5.74) is 0.284. The number of nitrogens with one attached hydrogen (secondary N) is 1. The summed E-state index contributed by atoms with van der Waals surface area (Å²) in [6, 6.07) is 5.95. The lowest BCUT2D eigenvalue weighted by molar-refractivity contribution is -0.144. The van der Waals surface area contributed by atoms with Crippen LogP contribution in [0.25, 0.3) is 0 Å². The number of carbonyl (C=O) groups is 1. The van der Waals surface area contributed by atoms with Crippen molar-refractivity contribution in [3.63, 3.8) is 0 Å². The highest BCUT2D eigenvalue weighted by Gasteiger charge is 2.33. The van der Waals surface area contributed by atoms with E-state index in [1.165, 1.54) is 5.56 Å². The van der Waals surface area contributed by atoms with Gasteiger partial charge in [0.2, 0.25) is 0 Å². The zero-order valence-corrected chi connectivity index (χ0v) is 13.4. The van der Waals surface area contributed by atoms with Crippen molar-refractivity contribution in [2.24, 2.45) is 0 Å². The van der Waals surface area contributed by atoms with Crippen LogP contribution in [0.5, 0.6) is 5.75 Å². The summed E-state index contributed by atoms with van der Waals surface area (Å²) in [6.45, 7) is 4.26. The molecule has 110 valence electrons. The molecule has 2 rings (SSSR count). The van der Waals surface area contributed by atoms with Crippen molar-refractivity contribution in [3.8, 4) is 5.75 Å². The molecule has 1 aliphatic heterocycles. The van der Waals surface area contributed by atoms with Crippen LogP contribution in [-0.2, 0) is 11.2 Å². The van der Waals surface area contributed by atoms with Crippen LogP contribution in [0.1, 0.15) is 32.3 Å². The number of hydrogen-bond acceptors (Lipinski definition) is 3. The monoisotopic (exact) mass is 341 g/mol. The van der Waals surface area contributed by atoms with E-state index in [9.17, 15) is 9.90 Å². The predicted molar refractivity (Wildman–Crippen MR) is 81.2 cm³/mol. The highest BCUT2D eigenvalue weighted by molar-refractivity contribution is 9.10. The number of ether oxygens (including phenoxy) is 1. The van der Waals surface area contributed by atoms with Gasteiger partial charge in [0.05, 0.1) is 0 Å². The molecule has 2 unspecified atom stereocenters. The van der Waals surface area contributed by atoms with Crippen LogP contribution < -0.4 is 10.1 Å². The average molecular weight is 342 g/mol. The van der Waals surface area contributed by atoms with Crippen molar-refractivity contribution in [2.75, 3.05) is 6.54 Å². The molecule has 0 amide bonds. The summed E-state index contributed by atoms with van der Waals surface area (Å²) in [7, 11) is 0. The molecule has 0 spiro atoms. The van der Waals surface area contributed by atoms with E-state index in [1.54, 1.807) is 6.92 Å². The maximum atomic E-state index is 11.4. The fourth-order valence-corrected chi connectivity index (χ4v) is 2.92. The van der Waals surface area contributed by atoms with Crippen LogP contribution in [0.2, 0.25) is 0 Å². The Morgan fingerprint density at radius 2 is 2.35 bits per heavy atom. The number of rotatable bonds is 6. The number of carboxylic acids is 1. The van der Waals surface area contributed by atoms with Crippen LogP contribution in [0.15, 0.2) is 22.7 Å². The lowest BCUT2D eigenvalue weighted by Crippen LogP contribution is -2.52. The summed E-state index contributed by atoms with van der Waals surface area (Å²) in [5, 5.41) is 12.5. The van der Waals surface area contributed by atoms with Gasteiger partial charge in [0.15, 0.2) is 0 Å². The zero-order chi connectivity index (χ0) is 14.8. The highest BCUT2D eigenvalue weighted by Crippen LogP contribution is 2.31. The normalized spacial score (nSPS) is 20.1. The average Bonchev–Trinajstić information content (AvgIpc) is 2.78. The Labute approximate surface area is 127 Å². The Bertz CT molecular complexity index is 506. The van der Waals surface area contributed by atoms with Crippen molar-refractivity contribution >= 4 is 21.9 Å². The zero-order valence-electron chi connectivity index (χ0n) is 11.8. The summed E-state index contributed by atoms with van der Waals surface area (Å²) in [5.74, 6) is 0.0881. The Morgan fingerprint density at radius 3 is 3.00 bits per heavy atom. The van der Waals surface area contributed by atoms with Gasteiger partial charge in [0.1, 0.15) is 17.4 Å². The first kappa shape index (κ1) is 15.3. The van der Waals surface area contributed by atoms with Gasteiger partial charge in [-0.25, -0.2) is 0 Å². The van der Waals surface area contributed by atoms with E-state index in [0.29, 0.717) is 13.0 Å². The third-order valence-electron chi connectivity index (χ3n) is 3.71. The van der Waals surface area contributed by atoms with E-state index in [2.05, 4.69) is 27.3 Å². The number of benzene rings is 1. The van der Waals surface area contributed by atoms with Gasteiger partial charge in [-0.3, -0.25) is 10.1 Å². The molecule has 0 bridgehead atoms. The third-order valence-corrected chi connectivity index (χ3v) is 4.20. The third kappa shape index (κ3) is 3.33. The highest BCUT2D eigenvalue weighted by atomic mass is 79.9. The molecule has 0 aromatic heterocycles. The molecule has 0 saturated heterocycles. The smallest absolute Gasteiger partial charge is 0.323 e. The number of aliphatic carboxylic acids is 1. The molecule has 0 fully saturated rings. The van der Waals surface area contributed by atoms with Gasteiger partial charge in [-0.2, -0.15) is 0 Å². The van der Waals surface area contributed by atoms with E-state index < -0.39 is 11.5 Å². The number of carboxylic acid groups (broad SMARTS) is 1. The maximum Gasteiger partial charge on any atom is 0.323 e. The lowest BCUT2D eigenvalue weighted by atomic mass is 9.96. The molecule has 1 aromatic rings. The van der Waals surface area contributed by atoms with Gasteiger partial charge in [-0.1, -0.05) is 29.3 Å². The van der Waals surface area contributed by atoms with Crippen molar-refractivity contribution in [1.29, 1.82) is 0 Å². The second-order valence-corrected chi connectivity index (χ2v) is 6.38. The van der Waals surface area contributed by atoms with Crippen molar-refractivity contribution < 1.29 is 14.6 Å². The molecule has 1 aromatic carbocycles.